The predicted octanol–water partition coefficient (Wildman–Crippen LogP) is 2.49. The second-order valence-corrected chi connectivity index (χ2v) is 5.50. The van der Waals surface area contributed by atoms with Crippen LogP contribution in [0.4, 0.5) is 0 Å². The summed E-state index contributed by atoms with van der Waals surface area (Å²) in [5.41, 5.74) is 0. The lowest BCUT2D eigenvalue weighted by Gasteiger charge is -2.44. The van der Waals surface area contributed by atoms with Crippen molar-refractivity contribution in [3.05, 3.63) is 0 Å². The van der Waals surface area contributed by atoms with Crippen molar-refractivity contribution in [1.82, 2.24) is 4.90 Å². The lowest BCUT2D eigenvalue weighted by Crippen LogP contribution is -2.52. The summed E-state index contributed by atoms with van der Waals surface area (Å²) in [5, 5.41) is 0. The molecule has 3 aliphatic rings. The summed E-state index contributed by atoms with van der Waals surface area (Å²) in [6.07, 6.45) is 3.08. The molecule has 2 heteroatoms. The summed E-state index contributed by atoms with van der Waals surface area (Å²) in [4.78, 5) is 2.59. The maximum Gasteiger partial charge on any atom is 0.113 e. The molecule has 1 unspecified atom stereocenters. The third-order valence-electron chi connectivity index (χ3n) is 3.60. The zero-order valence-corrected chi connectivity index (χ0v) is 9.86. The number of fused-ring (bicyclic) bond motifs is 3. The largest absolute Gasteiger partial charge is 0.363 e. The van der Waals surface area contributed by atoms with E-state index in [1.54, 1.807) is 0 Å². The first kappa shape index (κ1) is 10.4. The van der Waals surface area contributed by atoms with Gasteiger partial charge in [0, 0.05) is 12.1 Å². The van der Waals surface area contributed by atoms with Gasteiger partial charge in [0.1, 0.15) is 6.23 Å². The van der Waals surface area contributed by atoms with Crippen LogP contribution in [-0.4, -0.2) is 29.8 Å². The smallest absolute Gasteiger partial charge is 0.113 e. The van der Waals surface area contributed by atoms with E-state index < -0.39 is 0 Å². The Bertz CT molecular complexity index is 194. The van der Waals surface area contributed by atoms with Crippen LogP contribution < -0.4 is 0 Å². The lowest BCUT2D eigenvalue weighted by atomic mass is 9.80. The maximum absolute atomic E-state index is 6.02. The summed E-state index contributed by atoms with van der Waals surface area (Å²) in [6.45, 7) is 10.1. The summed E-state index contributed by atoms with van der Waals surface area (Å²) in [6, 6.07) is 1.42. The predicted molar refractivity (Wildman–Crippen MR) is 58.1 cm³/mol. The molecule has 2 aliphatic heterocycles. The normalized spacial score (nSPS) is 38.6. The molecular formula is C12H23NO. The molecule has 3 fully saturated rings. The standard InChI is InChI=1S/C12H23NO/c1-8(2)12-13(9(3)4)11-5-10(6-11)7-14-12/h8-12H,5-7H2,1-4H3. The van der Waals surface area contributed by atoms with Crippen LogP contribution in [0.15, 0.2) is 0 Å². The molecule has 2 saturated heterocycles. The molecule has 0 spiro atoms. The lowest BCUT2D eigenvalue weighted by molar-refractivity contribution is -0.0919. The van der Waals surface area contributed by atoms with Crippen LogP contribution in [0.1, 0.15) is 40.5 Å². The number of ether oxygens (including phenoxy) is 1. The first-order valence-corrected chi connectivity index (χ1v) is 5.98. The van der Waals surface area contributed by atoms with Crippen molar-refractivity contribution < 1.29 is 4.74 Å². The summed E-state index contributed by atoms with van der Waals surface area (Å²) < 4.78 is 6.02. The Labute approximate surface area is 87.6 Å². The minimum absolute atomic E-state index is 0.354. The molecule has 2 bridgehead atoms. The van der Waals surface area contributed by atoms with Gasteiger partial charge in [0.2, 0.25) is 0 Å². The molecule has 3 rings (SSSR count). The molecule has 14 heavy (non-hydrogen) atoms. The van der Waals surface area contributed by atoms with Gasteiger partial charge in [-0.3, -0.25) is 4.90 Å². The fraction of sp³-hybridized carbons (Fsp3) is 1.00. The fourth-order valence-corrected chi connectivity index (χ4v) is 2.86. The van der Waals surface area contributed by atoms with E-state index in [1.807, 2.05) is 0 Å². The summed E-state index contributed by atoms with van der Waals surface area (Å²) in [7, 11) is 0. The molecule has 2 nitrogen and oxygen atoms in total. The molecule has 1 atom stereocenters. The van der Waals surface area contributed by atoms with Crippen LogP contribution in [0.3, 0.4) is 0 Å². The first-order chi connectivity index (χ1) is 6.59. The van der Waals surface area contributed by atoms with E-state index in [4.69, 9.17) is 4.74 Å². The van der Waals surface area contributed by atoms with Gasteiger partial charge in [-0.05, 0) is 38.5 Å². The van der Waals surface area contributed by atoms with Crippen LogP contribution in [0.2, 0.25) is 0 Å². The van der Waals surface area contributed by atoms with Gasteiger partial charge in [0.25, 0.3) is 0 Å². The van der Waals surface area contributed by atoms with Crippen molar-refractivity contribution in [3.8, 4) is 0 Å². The van der Waals surface area contributed by atoms with Gasteiger partial charge in [-0.25, -0.2) is 0 Å². The van der Waals surface area contributed by atoms with Gasteiger partial charge in [-0.15, -0.1) is 0 Å². The molecule has 0 aromatic rings. The molecule has 82 valence electrons. The minimum atomic E-state index is 0.354. The van der Waals surface area contributed by atoms with E-state index in [-0.39, 0.29) is 0 Å². The number of hydrogen-bond donors (Lipinski definition) is 0. The third-order valence-corrected chi connectivity index (χ3v) is 3.60. The highest BCUT2D eigenvalue weighted by Gasteiger charge is 2.43. The molecule has 0 N–H and O–H groups in total. The van der Waals surface area contributed by atoms with Crippen molar-refractivity contribution in [2.75, 3.05) is 6.61 Å². The Morgan fingerprint density at radius 3 is 2.29 bits per heavy atom. The van der Waals surface area contributed by atoms with Crippen molar-refractivity contribution in [2.45, 2.75) is 58.8 Å². The van der Waals surface area contributed by atoms with Gasteiger partial charge in [0.15, 0.2) is 0 Å². The second-order valence-electron chi connectivity index (χ2n) is 5.50. The molecule has 0 radical (unpaired) electrons. The molecular weight excluding hydrogens is 174 g/mol. The molecule has 1 aliphatic carbocycles. The van der Waals surface area contributed by atoms with Crippen LogP contribution in [0.5, 0.6) is 0 Å². The van der Waals surface area contributed by atoms with Gasteiger partial charge in [0.05, 0.1) is 6.61 Å². The molecule has 0 aromatic heterocycles. The number of nitrogens with zero attached hydrogens (tertiary/aromatic N) is 1. The summed E-state index contributed by atoms with van der Waals surface area (Å²) in [5.74, 6) is 1.46. The zero-order chi connectivity index (χ0) is 10.3. The topological polar surface area (TPSA) is 12.5 Å². The molecule has 0 amide bonds. The van der Waals surface area contributed by atoms with Gasteiger partial charge < -0.3 is 4.74 Å². The molecule has 2 heterocycles. The van der Waals surface area contributed by atoms with Crippen molar-refractivity contribution in [2.24, 2.45) is 11.8 Å². The Morgan fingerprint density at radius 1 is 1.14 bits per heavy atom. The Balaban J connectivity index is 2.12. The van der Waals surface area contributed by atoms with E-state index in [9.17, 15) is 0 Å². The van der Waals surface area contributed by atoms with E-state index in [2.05, 4.69) is 32.6 Å². The van der Waals surface area contributed by atoms with Crippen LogP contribution in [-0.2, 0) is 4.74 Å². The monoisotopic (exact) mass is 197 g/mol. The van der Waals surface area contributed by atoms with Crippen LogP contribution >= 0.6 is 0 Å². The minimum Gasteiger partial charge on any atom is -0.363 e. The Hall–Kier alpha value is -0.0800. The van der Waals surface area contributed by atoms with Gasteiger partial charge in [-0.2, -0.15) is 0 Å². The SMILES string of the molecule is CC(C)C1OCC2CC(C2)N1C(C)C. The quantitative estimate of drug-likeness (QED) is 0.674. The van der Waals surface area contributed by atoms with Crippen molar-refractivity contribution >= 4 is 0 Å². The molecule has 0 aromatic carbocycles. The van der Waals surface area contributed by atoms with Crippen LogP contribution in [0.25, 0.3) is 0 Å². The average molecular weight is 197 g/mol. The van der Waals surface area contributed by atoms with E-state index in [0.29, 0.717) is 18.2 Å². The fourth-order valence-electron chi connectivity index (χ4n) is 2.86. The van der Waals surface area contributed by atoms with Crippen LogP contribution in [0, 0.1) is 11.8 Å². The van der Waals surface area contributed by atoms with E-state index >= 15 is 0 Å². The number of hydrogen-bond acceptors (Lipinski definition) is 2. The second kappa shape index (κ2) is 3.82. The Morgan fingerprint density at radius 2 is 1.79 bits per heavy atom. The van der Waals surface area contributed by atoms with Crippen molar-refractivity contribution in [3.63, 3.8) is 0 Å². The Kier molecular flexibility index (Phi) is 2.85. The zero-order valence-electron chi connectivity index (χ0n) is 9.86. The molecule has 1 saturated carbocycles. The van der Waals surface area contributed by atoms with E-state index in [1.165, 1.54) is 12.8 Å². The number of rotatable bonds is 2. The van der Waals surface area contributed by atoms with Gasteiger partial charge in [-0.1, -0.05) is 13.8 Å². The van der Waals surface area contributed by atoms with E-state index in [0.717, 1.165) is 18.6 Å². The third kappa shape index (κ3) is 1.70. The highest BCUT2D eigenvalue weighted by Crippen LogP contribution is 2.39. The average Bonchev–Trinajstić information content (AvgIpc) is 2.28. The van der Waals surface area contributed by atoms with Gasteiger partial charge >= 0.3 is 0 Å². The summed E-state index contributed by atoms with van der Waals surface area (Å²) >= 11 is 0. The maximum atomic E-state index is 6.02. The van der Waals surface area contributed by atoms with Crippen molar-refractivity contribution in [1.29, 1.82) is 0 Å². The first-order valence-electron chi connectivity index (χ1n) is 5.98. The highest BCUT2D eigenvalue weighted by molar-refractivity contribution is 4.93. The highest BCUT2D eigenvalue weighted by atomic mass is 16.5.